The number of imide groups is 1. The summed E-state index contributed by atoms with van der Waals surface area (Å²) in [6, 6.07) is 6.02. The van der Waals surface area contributed by atoms with E-state index in [2.05, 4.69) is 0 Å². The lowest BCUT2D eigenvalue weighted by Crippen LogP contribution is -2.32. The minimum absolute atomic E-state index is 0.189. The Labute approximate surface area is 139 Å². The van der Waals surface area contributed by atoms with E-state index in [0.29, 0.717) is 18.8 Å². The Morgan fingerprint density at radius 3 is 2.12 bits per heavy atom. The number of carbonyl (C=O) groups is 4. The second-order valence-electron chi connectivity index (χ2n) is 5.83. The van der Waals surface area contributed by atoms with Crippen LogP contribution in [0.15, 0.2) is 24.3 Å². The Balaban J connectivity index is 1.58. The molecule has 24 heavy (non-hydrogen) atoms. The number of anilines is 1. The van der Waals surface area contributed by atoms with Gasteiger partial charge in [0.1, 0.15) is 0 Å². The van der Waals surface area contributed by atoms with Crippen molar-refractivity contribution in [2.45, 2.75) is 25.7 Å². The van der Waals surface area contributed by atoms with Gasteiger partial charge in [-0.25, -0.2) is 4.79 Å². The smallest absolute Gasteiger partial charge is 0.338 e. The van der Waals surface area contributed by atoms with Crippen LogP contribution in [0.2, 0.25) is 0 Å². The van der Waals surface area contributed by atoms with Gasteiger partial charge in [0.05, 0.1) is 11.3 Å². The van der Waals surface area contributed by atoms with E-state index in [4.69, 9.17) is 4.74 Å². The zero-order valence-corrected chi connectivity index (χ0v) is 13.2. The second-order valence-corrected chi connectivity index (χ2v) is 5.83. The lowest BCUT2D eigenvalue weighted by molar-refractivity contribution is -0.133. The van der Waals surface area contributed by atoms with Crippen LogP contribution in [0, 0.1) is 0 Å². The molecule has 0 N–H and O–H groups in total. The molecule has 0 saturated carbocycles. The van der Waals surface area contributed by atoms with Crippen molar-refractivity contribution in [1.82, 2.24) is 4.90 Å². The van der Waals surface area contributed by atoms with Crippen molar-refractivity contribution in [1.29, 1.82) is 0 Å². The number of rotatable bonds is 4. The van der Waals surface area contributed by atoms with Crippen LogP contribution in [-0.4, -0.2) is 48.3 Å². The highest BCUT2D eigenvalue weighted by atomic mass is 16.5. The number of esters is 1. The topological polar surface area (TPSA) is 84.0 Å². The van der Waals surface area contributed by atoms with Gasteiger partial charge in [-0.15, -0.1) is 0 Å². The van der Waals surface area contributed by atoms with E-state index in [1.165, 1.54) is 24.3 Å². The van der Waals surface area contributed by atoms with Crippen LogP contribution in [-0.2, 0) is 19.1 Å². The second kappa shape index (κ2) is 6.82. The number of amides is 3. The van der Waals surface area contributed by atoms with Crippen LogP contribution in [0.5, 0.6) is 0 Å². The molecule has 2 heterocycles. The lowest BCUT2D eigenvalue weighted by atomic mass is 10.2. The van der Waals surface area contributed by atoms with Crippen molar-refractivity contribution < 1.29 is 23.9 Å². The molecular formula is C17H18N2O5. The van der Waals surface area contributed by atoms with E-state index >= 15 is 0 Å². The molecule has 126 valence electrons. The average Bonchev–Trinajstić information content (AvgIpc) is 3.23. The molecule has 2 fully saturated rings. The maximum absolute atomic E-state index is 12.0. The molecule has 0 aromatic heterocycles. The van der Waals surface area contributed by atoms with Crippen LogP contribution in [0.3, 0.4) is 0 Å². The summed E-state index contributed by atoms with van der Waals surface area (Å²) in [5.74, 6) is -1.28. The first kappa shape index (κ1) is 16.2. The van der Waals surface area contributed by atoms with E-state index in [-0.39, 0.29) is 42.7 Å². The fourth-order valence-electron chi connectivity index (χ4n) is 2.88. The van der Waals surface area contributed by atoms with Crippen LogP contribution in [0.4, 0.5) is 5.69 Å². The van der Waals surface area contributed by atoms with E-state index < -0.39 is 5.97 Å². The molecule has 0 unspecified atom stereocenters. The van der Waals surface area contributed by atoms with E-state index in [0.717, 1.165) is 17.7 Å². The van der Waals surface area contributed by atoms with Gasteiger partial charge in [-0.1, -0.05) is 0 Å². The Morgan fingerprint density at radius 2 is 1.54 bits per heavy atom. The third-order valence-corrected chi connectivity index (χ3v) is 4.20. The highest BCUT2D eigenvalue weighted by molar-refractivity contribution is 6.19. The Hall–Kier alpha value is -2.70. The summed E-state index contributed by atoms with van der Waals surface area (Å²) in [5.41, 5.74) is 0.708. The molecule has 0 atom stereocenters. The van der Waals surface area contributed by atoms with Crippen molar-refractivity contribution >= 4 is 29.4 Å². The van der Waals surface area contributed by atoms with Crippen molar-refractivity contribution in [2.75, 3.05) is 24.6 Å². The molecule has 7 heteroatoms. The monoisotopic (exact) mass is 330 g/mol. The van der Waals surface area contributed by atoms with Crippen LogP contribution in [0.25, 0.3) is 0 Å². The lowest BCUT2D eigenvalue weighted by Gasteiger charge is -2.15. The van der Waals surface area contributed by atoms with Crippen molar-refractivity contribution in [3.63, 3.8) is 0 Å². The standard InChI is InChI=1S/C17H18N2O5/c20-14-7-8-15(21)19(14)13-5-3-12(4-6-13)17(23)24-11-16(22)18-9-1-2-10-18/h3-6H,1-2,7-11H2. The molecular weight excluding hydrogens is 312 g/mol. The number of likely N-dealkylation sites (tertiary alicyclic amines) is 1. The third kappa shape index (κ3) is 3.29. The minimum Gasteiger partial charge on any atom is -0.452 e. The molecule has 2 aliphatic heterocycles. The first-order chi connectivity index (χ1) is 11.6. The maximum atomic E-state index is 12.0. The molecule has 7 nitrogen and oxygen atoms in total. The van der Waals surface area contributed by atoms with E-state index in [1.54, 1.807) is 4.90 Å². The zero-order chi connectivity index (χ0) is 17.1. The number of hydrogen-bond acceptors (Lipinski definition) is 5. The Morgan fingerprint density at radius 1 is 0.958 bits per heavy atom. The molecule has 3 amide bonds. The number of ether oxygens (including phenoxy) is 1. The van der Waals surface area contributed by atoms with Gasteiger partial charge in [0.25, 0.3) is 5.91 Å². The summed E-state index contributed by atoms with van der Waals surface area (Å²) in [4.78, 5) is 50.0. The number of nitrogens with zero attached hydrogens (tertiary/aromatic N) is 2. The van der Waals surface area contributed by atoms with Gasteiger partial charge in [-0.05, 0) is 37.1 Å². The molecule has 1 aromatic carbocycles. The molecule has 2 aliphatic rings. The fraction of sp³-hybridized carbons (Fsp3) is 0.412. The van der Waals surface area contributed by atoms with E-state index in [9.17, 15) is 19.2 Å². The summed E-state index contributed by atoms with van der Waals surface area (Å²) in [6.45, 7) is 1.15. The van der Waals surface area contributed by atoms with Crippen LogP contribution in [0.1, 0.15) is 36.0 Å². The highest BCUT2D eigenvalue weighted by Gasteiger charge is 2.30. The van der Waals surface area contributed by atoms with Crippen molar-refractivity contribution in [3.05, 3.63) is 29.8 Å². The Kier molecular flexibility index (Phi) is 4.59. The minimum atomic E-state index is -0.604. The van der Waals surface area contributed by atoms with Gasteiger partial charge < -0.3 is 9.64 Å². The van der Waals surface area contributed by atoms with Gasteiger partial charge in [0.2, 0.25) is 11.8 Å². The van der Waals surface area contributed by atoms with Gasteiger partial charge >= 0.3 is 5.97 Å². The molecule has 0 aliphatic carbocycles. The summed E-state index contributed by atoms with van der Waals surface area (Å²) in [5, 5.41) is 0. The van der Waals surface area contributed by atoms with Crippen LogP contribution < -0.4 is 4.90 Å². The van der Waals surface area contributed by atoms with E-state index in [1.807, 2.05) is 0 Å². The highest BCUT2D eigenvalue weighted by Crippen LogP contribution is 2.23. The predicted molar refractivity (Wildman–Crippen MR) is 84.3 cm³/mol. The number of benzene rings is 1. The largest absolute Gasteiger partial charge is 0.452 e. The molecule has 1 aromatic rings. The zero-order valence-electron chi connectivity index (χ0n) is 13.2. The summed E-state index contributed by atoms with van der Waals surface area (Å²) < 4.78 is 5.03. The molecule has 2 saturated heterocycles. The fourth-order valence-corrected chi connectivity index (χ4v) is 2.88. The SMILES string of the molecule is O=C(OCC(=O)N1CCCC1)c1ccc(N2C(=O)CCC2=O)cc1. The van der Waals surface area contributed by atoms with Gasteiger partial charge in [0.15, 0.2) is 6.61 Å². The first-order valence-corrected chi connectivity index (χ1v) is 7.97. The van der Waals surface area contributed by atoms with Crippen molar-refractivity contribution in [2.24, 2.45) is 0 Å². The van der Waals surface area contributed by atoms with Crippen LogP contribution >= 0.6 is 0 Å². The summed E-state index contributed by atoms with van der Waals surface area (Å²) in [6.07, 6.45) is 2.38. The quantitative estimate of drug-likeness (QED) is 0.610. The molecule has 0 bridgehead atoms. The molecule has 0 spiro atoms. The molecule has 3 rings (SSSR count). The van der Waals surface area contributed by atoms with Gasteiger partial charge in [-0.2, -0.15) is 0 Å². The average molecular weight is 330 g/mol. The predicted octanol–water partition coefficient (Wildman–Crippen LogP) is 1.12. The maximum Gasteiger partial charge on any atom is 0.338 e. The van der Waals surface area contributed by atoms with Crippen molar-refractivity contribution in [3.8, 4) is 0 Å². The normalized spacial score (nSPS) is 17.5. The Bertz CT molecular complexity index is 661. The summed E-state index contributed by atoms with van der Waals surface area (Å²) >= 11 is 0. The number of carbonyl (C=O) groups excluding carboxylic acids is 4. The van der Waals surface area contributed by atoms with Gasteiger partial charge in [-0.3, -0.25) is 19.3 Å². The first-order valence-electron chi connectivity index (χ1n) is 7.97. The number of hydrogen-bond donors (Lipinski definition) is 0. The third-order valence-electron chi connectivity index (χ3n) is 4.20. The summed E-state index contributed by atoms with van der Waals surface area (Å²) in [7, 11) is 0. The van der Waals surface area contributed by atoms with Gasteiger partial charge in [0, 0.05) is 25.9 Å². The molecule has 0 radical (unpaired) electrons.